The van der Waals surface area contributed by atoms with Crippen LogP contribution in [0.5, 0.6) is 0 Å². The number of rotatable bonds is 7. The summed E-state index contributed by atoms with van der Waals surface area (Å²) < 4.78 is 6.02. The minimum absolute atomic E-state index is 0.00837. The molecule has 1 atom stereocenters. The minimum atomic E-state index is -0.0748. The molecule has 1 spiro atoms. The summed E-state index contributed by atoms with van der Waals surface area (Å²) in [5.74, 6) is 0. The van der Waals surface area contributed by atoms with Gasteiger partial charge in [-0.2, -0.15) is 0 Å². The van der Waals surface area contributed by atoms with Crippen LogP contribution in [0.1, 0.15) is 71.6 Å². The SMILES string of the molecule is CCC(CC)(CCO)CNC(=O)NC1CCOC2(CCCC2)C1. The van der Waals surface area contributed by atoms with Crippen LogP contribution >= 0.6 is 0 Å². The third-order valence-corrected chi connectivity index (χ3v) is 6.11. The number of urea groups is 1. The minimum Gasteiger partial charge on any atom is -0.396 e. The van der Waals surface area contributed by atoms with E-state index in [0.29, 0.717) is 6.54 Å². The van der Waals surface area contributed by atoms with Crippen LogP contribution in [0.3, 0.4) is 0 Å². The molecule has 1 saturated carbocycles. The second-order valence-electron chi connectivity index (χ2n) is 7.44. The molecule has 0 bridgehead atoms. The molecular formula is C18H34N2O3. The van der Waals surface area contributed by atoms with Crippen molar-refractivity contribution in [3.63, 3.8) is 0 Å². The smallest absolute Gasteiger partial charge is 0.315 e. The van der Waals surface area contributed by atoms with E-state index in [1.807, 2.05) is 0 Å². The topological polar surface area (TPSA) is 70.6 Å². The average Bonchev–Trinajstić information content (AvgIpc) is 2.99. The van der Waals surface area contributed by atoms with Crippen LogP contribution in [-0.4, -0.2) is 42.5 Å². The van der Waals surface area contributed by atoms with Crippen molar-refractivity contribution >= 4 is 6.03 Å². The highest BCUT2D eigenvalue weighted by molar-refractivity contribution is 5.74. The zero-order valence-corrected chi connectivity index (χ0v) is 14.8. The van der Waals surface area contributed by atoms with E-state index in [0.717, 1.165) is 51.6 Å². The van der Waals surface area contributed by atoms with Gasteiger partial charge < -0.3 is 20.5 Å². The van der Waals surface area contributed by atoms with Crippen molar-refractivity contribution in [1.82, 2.24) is 10.6 Å². The summed E-state index contributed by atoms with van der Waals surface area (Å²) in [5.41, 5.74) is 0.0398. The Bertz CT molecular complexity index is 376. The van der Waals surface area contributed by atoms with E-state index in [9.17, 15) is 9.90 Å². The number of hydrogen-bond acceptors (Lipinski definition) is 3. The first-order valence-corrected chi connectivity index (χ1v) is 9.36. The fourth-order valence-corrected chi connectivity index (χ4v) is 4.20. The van der Waals surface area contributed by atoms with Gasteiger partial charge in [-0.25, -0.2) is 4.79 Å². The van der Waals surface area contributed by atoms with Crippen molar-refractivity contribution in [3.05, 3.63) is 0 Å². The maximum absolute atomic E-state index is 12.3. The summed E-state index contributed by atoms with van der Waals surface area (Å²) in [6.07, 6.45) is 9.28. The summed E-state index contributed by atoms with van der Waals surface area (Å²) >= 11 is 0. The second-order valence-corrected chi connectivity index (χ2v) is 7.44. The molecule has 0 aromatic rings. The van der Waals surface area contributed by atoms with Crippen molar-refractivity contribution in [1.29, 1.82) is 0 Å². The Balaban J connectivity index is 1.79. The predicted octanol–water partition coefficient (Wildman–Crippen LogP) is 2.97. The maximum Gasteiger partial charge on any atom is 0.315 e. The van der Waals surface area contributed by atoms with Gasteiger partial charge in [0.1, 0.15) is 0 Å². The lowest BCUT2D eigenvalue weighted by Crippen LogP contribution is -2.51. The molecule has 1 aliphatic carbocycles. The van der Waals surface area contributed by atoms with E-state index in [2.05, 4.69) is 24.5 Å². The third kappa shape index (κ3) is 4.83. The van der Waals surface area contributed by atoms with E-state index in [-0.39, 0.29) is 29.7 Å². The first kappa shape index (κ1) is 18.5. The van der Waals surface area contributed by atoms with E-state index in [1.54, 1.807) is 0 Å². The highest BCUT2D eigenvalue weighted by atomic mass is 16.5. The Hall–Kier alpha value is -0.810. The van der Waals surface area contributed by atoms with Crippen LogP contribution in [0.4, 0.5) is 4.79 Å². The molecule has 2 amide bonds. The normalized spacial score (nSPS) is 23.9. The molecule has 5 heteroatoms. The van der Waals surface area contributed by atoms with Crippen molar-refractivity contribution in [2.24, 2.45) is 5.41 Å². The largest absolute Gasteiger partial charge is 0.396 e. The first-order valence-electron chi connectivity index (χ1n) is 9.36. The highest BCUT2D eigenvalue weighted by Crippen LogP contribution is 2.40. The molecule has 0 radical (unpaired) electrons. The number of carbonyl (C=O) groups excluding carboxylic acids is 1. The zero-order valence-electron chi connectivity index (χ0n) is 14.8. The molecule has 1 unspecified atom stereocenters. The van der Waals surface area contributed by atoms with E-state index < -0.39 is 0 Å². The molecule has 3 N–H and O–H groups in total. The van der Waals surface area contributed by atoms with Gasteiger partial charge in [-0.3, -0.25) is 0 Å². The number of nitrogens with one attached hydrogen (secondary N) is 2. The fraction of sp³-hybridized carbons (Fsp3) is 0.944. The molecule has 5 nitrogen and oxygen atoms in total. The quantitative estimate of drug-likeness (QED) is 0.673. The maximum atomic E-state index is 12.3. The Morgan fingerprint density at radius 2 is 2.00 bits per heavy atom. The van der Waals surface area contributed by atoms with Gasteiger partial charge in [0, 0.05) is 25.8 Å². The van der Waals surface area contributed by atoms with E-state index in [1.165, 1.54) is 12.8 Å². The Labute approximate surface area is 140 Å². The number of aliphatic hydroxyl groups excluding tert-OH is 1. The number of carbonyl (C=O) groups is 1. The van der Waals surface area contributed by atoms with E-state index >= 15 is 0 Å². The number of aliphatic hydroxyl groups is 1. The van der Waals surface area contributed by atoms with Gasteiger partial charge in [-0.1, -0.05) is 26.7 Å². The standard InChI is InChI=1S/C18H34N2O3/c1-3-17(4-2,10-11-21)14-19-16(22)20-15-7-12-23-18(13-15)8-5-6-9-18/h15,21H,3-14H2,1-2H3,(H2,19,20,22). The number of amides is 2. The lowest BCUT2D eigenvalue weighted by Gasteiger charge is -2.38. The van der Waals surface area contributed by atoms with E-state index in [4.69, 9.17) is 4.74 Å². The molecule has 2 rings (SSSR count). The van der Waals surface area contributed by atoms with Crippen molar-refractivity contribution < 1.29 is 14.6 Å². The van der Waals surface area contributed by atoms with Gasteiger partial charge in [0.15, 0.2) is 0 Å². The first-order chi connectivity index (χ1) is 11.1. The second kappa shape index (κ2) is 8.34. The molecule has 1 aliphatic heterocycles. The van der Waals surface area contributed by atoms with Crippen LogP contribution in [0.25, 0.3) is 0 Å². The van der Waals surface area contributed by atoms with Crippen molar-refractivity contribution in [2.45, 2.75) is 83.3 Å². The van der Waals surface area contributed by atoms with Crippen molar-refractivity contribution in [3.8, 4) is 0 Å². The van der Waals surface area contributed by atoms with Gasteiger partial charge in [0.2, 0.25) is 0 Å². The van der Waals surface area contributed by atoms with Gasteiger partial charge in [-0.15, -0.1) is 0 Å². The van der Waals surface area contributed by atoms with Crippen LogP contribution < -0.4 is 10.6 Å². The average molecular weight is 326 g/mol. The summed E-state index contributed by atoms with van der Waals surface area (Å²) in [6.45, 7) is 5.81. The summed E-state index contributed by atoms with van der Waals surface area (Å²) in [7, 11) is 0. The molecular weight excluding hydrogens is 292 g/mol. The van der Waals surface area contributed by atoms with Gasteiger partial charge >= 0.3 is 6.03 Å². The molecule has 1 heterocycles. The highest BCUT2D eigenvalue weighted by Gasteiger charge is 2.40. The predicted molar refractivity (Wildman–Crippen MR) is 91.4 cm³/mol. The Morgan fingerprint density at radius 3 is 2.61 bits per heavy atom. The molecule has 0 aromatic heterocycles. The zero-order chi connectivity index (χ0) is 16.8. The van der Waals surface area contributed by atoms with Crippen LogP contribution in [-0.2, 0) is 4.74 Å². The molecule has 2 fully saturated rings. The van der Waals surface area contributed by atoms with Crippen LogP contribution in [0, 0.1) is 5.41 Å². The molecule has 0 aromatic carbocycles. The third-order valence-electron chi connectivity index (χ3n) is 6.11. The summed E-state index contributed by atoms with van der Waals surface area (Å²) in [5, 5.41) is 15.4. The number of hydrogen-bond donors (Lipinski definition) is 3. The lowest BCUT2D eigenvalue weighted by molar-refractivity contribution is -0.0820. The Morgan fingerprint density at radius 1 is 1.30 bits per heavy atom. The molecule has 23 heavy (non-hydrogen) atoms. The molecule has 2 aliphatic rings. The van der Waals surface area contributed by atoms with Gasteiger partial charge in [0.05, 0.1) is 5.60 Å². The monoisotopic (exact) mass is 326 g/mol. The van der Waals surface area contributed by atoms with Gasteiger partial charge in [-0.05, 0) is 50.4 Å². The number of ether oxygens (including phenoxy) is 1. The van der Waals surface area contributed by atoms with Gasteiger partial charge in [0.25, 0.3) is 0 Å². The van der Waals surface area contributed by atoms with Crippen LogP contribution in [0.2, 0.25) is 0 Å². The molecule has 134 valence electrons. The summed E-state index contributed by atoms with van der Waals surface area (Å²) in [6, 6.07) is 0.145. The lowest BCUT2D eigenvalue weighted by atomic mass is 9.79. The van der Waals surface area contributed by atoms with Crippen molar-refractivity contribution in [2.75, 3.05) is 19.8 Å². The fourth-order valence-electron chi connectivity index (χ4n) is 4.20. The van der Waals surface area contributed by atoms with Crippen LogP contribution in [0.15, 0.2) is 0 Å². The Kier molecular flexibility index (Phi) is 6.72. The summed E-state index contributed by atoms with van der Waals surface area (Å²) in [4.78, 5) is 12.3. The molecule has 1 saturated heterocycles.